The molecule has 3 N–H and O–H groups in total. The minimum Gasteiger partial charge on any atom is -0.480 e. The molecule has 0 aliphatic heterocycles. The number of carboxylic acids is 1. The molecule has 7 heteroatoms. The summed E-state index contributed by atoms with van der Waals surface area (Å²) in [4.78, 5) is 23.9. The molecule has 1 heterocycles. The minimum absolute atomic E-state index is 0.135. The molecule has 112 valence electrons. The normalized spacial score (nSPS) is 15.2. The van der Waals surface area contributed by atoms with Gasteiger partial charge in [0, 0.05) is 4.88 Å². The molecule has 0 aliphatic carbocycles. The van der Waals surface area contributed by atoms with Crippen LogP contribution in [0.15, 0.2) is 12.1 Å². The van der Waals surface area contributed by atoms with Crippen molar-refractivity contribution in [2.45, 2.75) is 39.3 Å². The first kappa shape index (κ1) is 16.8. The third-order valence-electron chi connectivity index (χ3n) is 3.13. The van der Waals surface area contributed by atoms with E-state index in [2.05, 4.69) is 10.6 Å². The number of halogens is 1. The number of carbonyl (C=O) groups excluding carboxylic acids is 1. The van der Waals surface area contributed by atoms with Gasteiger partial charge >= 0.3 is 12.0 Å². The third kappa shape index (κ3) is 4.68. The van der Waals surface area contributed by atoms with E-state index < -0.39 is 18.0 Å². The van der Waals surface area contributed by atoms with Crippen LogP contribution in [0.2, 0.25) is 4.34 Å². The molecule has 0 aromatic carbocycles. The molecule has 5 nitrogen and oxygen atoms in total. The van der Waals surface area contributed by atoms with Gasteiger partial charge in [-0.15, -0.1) is 11.3 Å². The molecule has 0 radical (unpaired) electrons. The molecule has 1 rings (SSSR count). The minimum atomic E-state index is -1.03. The van der Waals surface area contributed by atoms with E-state index in [0.29, 0.717) is 10.8 Å². The van der Waals surface area contributed by atoms with Gasteiger partial charge in [0.25, 0.3) is 0 Å². The average Bonchev–Trinajstić information content (AvgIpc) is 2.81. The highest BCUT2D eigenvalue weighted by atomic mass is 35.5. The van der Waals surface area contributed by atoms with Gasteiger partial charge in [-0.25, -0.2) is 9.59 Å². The zero-order chi connectivity index (χ0) is 15.3. The maximum absolute atomic E-state index is 11.9. The van der Waals surface area contributed by atoms with Crippen molar-refractivity contribution in [3.63, 3.8) is 0 Å². The largest absolute Gasteiger partial charge is 0.480 e. The van der Waals surface area contributed by atoms with Crippen LogP contribution in [0, 0.1) is 5.92 Å². The molecular formula is C13H19ClN2O3S. The molecule has 0 spiro atoms. The van der Waals surface area contributed by atoms with E-state index in [0.717, 1.165) is 4.88 Å². The molecule has 0 saturated heterocycles. The van der Waals surface area contributed by atoms with E-state index in [1.54, 1.807) is 13.0 Å². The van der Waals surface area contributed by atoms with E-state index in [-0.39, 0.29) is 12.0 Å². The maximum Gasteiger partial charge on any atom is 0.326 e. The highest BCUT2D eigenvalue weighted by Gasteiger charge is 2.25. The number of aliphatic carboxylic acids is 1. The highest BCUT2D eigenvalue weighted by molar-refractivity contribution is 7.16. The first-order chi connectivity index (χ1) is 9.35. The fourth-order valence-corrected chi connectivity index (χ4v) is 2.76. The Labute approximate surface area is 127 Å². The van der Waals surface area contributed by atoms with Crippen molar-refractivity contribution in [1.29, 1.82) is 0 Å². The summed E-state index contributed by atoms with van der Waals surface area (Å²) in [6, 6.07) is 1.99. The second-order valence-corrected chi connectivity index (χ2v) is 6.43. The third-order valence-corrected chi connectivity index (χ3v) is 4.55. The zero-order valence-corrected chi connectivity index (χ0v) is 13.2. The summed E-state index contributed by atoms with van der Waals surface area (Å²) >= 11 is 7.22. The van der Waals surface area contributed by atoms with E-state index in [4.69, 9.17) is 16.7 Å². The summed E-state index contributed by atoms with van der Waals surface area (Å²) < 4.78 is 0.650. The molecule has 20 heavy (non-hydrogen) atoms. The predicted molar refractivity (Wildman–Crippen MR) is 80.3 cm³/mol. The number of thiophene rings is 1. The lowest BCUT2D eigenvalue weighted by atomic mass is 9.99. The van der Waals surface area contributed by atoms with Crippen molar-refractivity contribution in [2.24, 2.45) is 5.92 Å². The van der Waals surface area contributed by atoms with Gasteiger partial charge < -0.3 is 15.7 Å². The van der Waals surface area contributed by atoms with Gasteiger partial charge in [0.2, 0.25) is 0 Å². The fourth-order valence-electron chi connectivity index (χ4n) is 1.69. The molecule has 0 aliphatic rings. The first-order valence-corrected chi connectivity index (χ1v) is 7.59. The topological polar surface area (TPSA) is 78.4 Å². The lowest BCUT2D eigenvalue weighted by Gasteiger charge is -2.21. The molecule has 2 amide bonds. The molecular weight excluding hydrogens is 300 g/mol. The van der Waals surface area contributed by atoms with Crippen LogP contribution < -0.4 is 10.6 Å². The first-order valence-electron chi connectivity index (χ1n) is 6.40. The number of urea groups is 1. The van der Waals surface area contributed by atoms with Crippen LogP contribution in [-0.4, -0.2) is 23.1 Å². The number of hydrogen-bond acceptors (Lipinski definition) is 3. The summed E-state index contributed by atoms with van der Waals surface area (Å²) in [6.45, 7) is 5.50. The van der Waals surface area contributed by atoms with Crippen molar-refractivity contribution in [2.75, 3.05) is 0 Å². The van der Waals surface area contributed by atoms with Crippen molar-refractivity contribution < 1.29 is 14.7 Å². The maximum atomic E-state index is 11.9. The summed E-state index contributed by atoms with van der Waals surface area (Å²) in [5.74, 6) is -1.16. The number of carbonyl (C=O) groups is 2. The fraction of sp³-hybridized carbons (Fsp3) is 0.538. The monoisotopic (exact) mass is 318 g/mol. The molecule has 0 fully saturated rings. The number of carboxylic acid groups (broad SMARTS) is 1. The van der Waals surface area contributed by atoms with E-state index in [1.165, 1.54) is 11.3 Å². The smallest absolute Gasteiger partial charge is 0.326 e. The Morgan fingerprint density at radius 2 is 2.00 bits per heavy atom. The van der Waals surface area contributed by atoms with Crippen LogP contribution in [0.3, 0.4) is 0 Å². The van der Waals surface area contributed by atoms with Gasteiger partial charge in [-0.1, -0.05) is 31.9 Å². The number of amides is 2. The van der Waals surface area contributed by atoms with Gasteiger partial charge in [0.15, 0.2) is 0 Å². The van der Waals surface area contributed by atoms with Gasteiger partial charge in [0.05, 0.1) is 10.4 Å². The Morgan fingerprint density at radius 3 is 2.45 bits per heavy atom. The van der Waals surface area contributed by atoms with Crippen LogP contribution in [-0.2, 0) is 4.79 Å². The van der Waals surface area contributed by atoms with Gasteiger partial charge in [-0.3, -0.25) is 0 Å². The van der Waals surface area contributed by atoms with Gasteiger partial charge in [-0.2, -0.15) is 0 Å². The van der Waals surface area contributed by atoms with Crippen molar-refractivity contribution >= 4 is 34.9 Å². The van der Waals surface area contributed by atoms with Crippen molar-refractivity contribution in [3.8, 4) is 0 Å². The Bertz CT molecular complexity index is 478. The summed E-state index contributed by atoms with van der Waals surface area (Å²) in [5.41, 5.74) is 0. The summed E-state index contributed by atoms with van der Waals surface area (Å²) in [7, 11) is 0. The quantitative estimate of drug-likeness (QED) is 0.753. The molecule has 1 aromatic rings. The van der Waals surface area contributed by atoms with Crippen LogP contribution in [0.5, 0.6) is 0 Å². The Balaban J connectivity index is 2.59. The molecule has 1 aromatic heterocycles. The second kappa shape index (κ2) is 7.50. The lowest BCUT2D eigenvalue weighted by molar-refractivity contribution is -0.140. The standard InChI is InChI=1S/C13H19ClN2O3S/c1-4-7(2)11(12(17)18)16-13(19)15-8(3)9-5-6-10(14)20-9/h5-8,11H,4H2,1-3H3,(H,17,18)(H2,15,16,19)/t7-,8?,11-/m0/s1. The van der Waals surface area contributed by atoms with E-state index in [1.807, 2.05) is 19.9 Å². The molecule has 0 bridgehead atoms. The highest BCUT2D eigenvalue weighted by Crippen LogP contribution is 2.26. The molecule has 3 atom stereocenters. The Morgan fingerprint density at radius 1 is 1.35 bits per heavy atom. The Hall–Kier alpha value is -1.27. The van der Waals surface area contributed by atoms with E-state index in [9.17, 15) is 9.59 Å². The van der Waals surface area contributed by atoms with E-state index >= 15 is 0 Å². The lowest BCUT2D eigenvalue weighted by Crippen LogP contribution is -2.49. The van der Waals surface area contributed by atoms with Crippen molar-refractivity contribution in [3.05, 3.63) is 21.3 Å². The number of rotatable bonds is 6. The number of nitrogens with one attached hydrogen (secondary N) is 2. The van der Waals surface area contributed by atoms with Crippen LogP contribution >= 0.6 is 22.9 Å². The molecule has 0 saturated carbocycles. The Kier molecular flexibility index (Phi) is 6.29. The molecule has 1 unspecified atom stereocenters. The predicted octanol–water partition coefficient (Wildman–Crippen LogP) is 3.26. The summed E-state index contributed by atoms with van der Waals surface area (Å²) in [6.07, 6.45) is 0.674. The van der Waals surface area contributed by atoms with Gasteiger partial charge in [-0.05, 0) is 25.0 Å². The van der Waals surface area contributed by atoms with Crippen molar-refractivity contribution in [1.82, 2.24) is 10.6 Å². The van der Waals surface area contributed by atoms with Crippen LogP contribution in [0.4, 0.5) is 4.79 Å². The average molecular weight is 319 g/mol. The SMILES string of the molecule is CC[C@H](C)[C@H](NC(=O)NC(C)c1ccc(Cl)s1)C(=O)O. The van der Waals surface area contributed by atoms with Gasteiger partial charge in [0.1, 0.15) is 6.04 Å². The van der Waals surface area contributed by atoms with Crippen LogP contribution in [0.1, 0.15) is 38.1 Å². The second-order valence-electron chi connectivity index (χ2n) is 4.68. The zero-order valence-electron chi connectivity index (χ0n) is 11.6. The number of hydrogen-bond donors (Lipinski definition) is 3. The summed E-state index contributed by atoms with van der Waals surface area (Å²) in [5, 5.41) is 14.3. The van der Waals surface area contributed by atoms with Crippen LogP contribution in [0.25, 0.3) is 0 Å².